The lowest BCUT2D eigenvalue weighted by molar-refractivity contribution is 0.0714. The number of hydrogen-bond acceptors (Lipinski definition) is 4. The molecular formula is C14H19NO4. The Hall–Kier alpha value is -2.01. The van der Waals surface area contributed by atoms with Crippen LogP contribution in [0.5, 0.6) is 11.5 Å². The van der Waals surface area contributed by atoms with Gasteiger partial charge in [0.25, 0.3) is 5.91 Å². The van der Waals surface area contributed by atoms with Crippen LogP contribution < -0.4 is 4.74 Å². The predicted octanol–water partition coefficient (Wildman–Crippen LogP) is 1.68. The molecule has 1 aromatic rings. The molecule has 19 heavy (non-hydrogen) atoms. The minimum absolute atomic E-state index is 0.151. The number of amides is 1. The zero-order chi connectivity index (χ0) is 14.3. The van der Waals surface area contributed by atoms with E-state index in [-0.39, 0.29) is 23.0 Å². The monoisotopic (exact) mass is 265 g/mol. The fraction of sp³-hybridized carbons (Fsp3) is 0.357. The number of hydrogen-bond donors (Lipinski definition) is 1. The van der Waals surface area contributed by atoms with E-state index in [1.165, 1.54) is 7.11 Å². The first-order chi connectivity index (χ1) is 9.15. The van der Waals surface area contributed by atoms with Crippen LogP contribution in [0.3, 0.4) is 0 Å². The molecule has 0 aliphatic carbocycles. The van der Waals surface area contributed by atoms with E-state index in [0.717, 1.165) is 0 Å². The van der Waals surface area contributed by atoms with E-state index in [0.29, 0.717) is 19.7 Å². The fourth-order valence-corrected chi connectivity index (χ4v) is 1.66. The van der Waals surface area contributed by atoms with Crippen molar-refractivity contribution < 1.29 is 19.4 Å². The second kappa shape index (κ2) is 7.43. The quantitative estimate of drug-likeness (QED) is 0.762. The summed E-state index contributed by atoms with van der Waals surface area (Å²) >= 11 is 0. The molecule has 1 amide bonds. The predicted molar refractivity (Wildman–Crippen MR) is 72.6 cm³/mol. The van der Waals surface area contributed by atoms with E-state index in [1.807, 2.05) is 0 Å². The molecule has 1 rings (SSSR count). The van der Waals surface area contributed by atoms with Gasteiger partial charge in [0.1, 0.15) is 0 Å². The molecule has 0 aromatic heterocycles. The van der Waals surface area contributed by atoms with Gasteiger partial charge in [-0.15, -0.1) is 6.58 Å². The van der Waals surface area contributed by atoms with Crippen LogP contribution >= 0.6 is 0 Å². The maximum Gasteiger partial charge on any atom is 0.258 e. The molecule has 0 spiro atoms. The van der Waals surface area contributed by atoms with Crippen molar-refractivity contribution in [2.24, 2.45) is 0 Å². The number of rotatable bonds is 7. The molecule has 0 radical (unpaired) electrons. The minimum Gasteiger partial charge on any atom is -0.504 e. The molecular weight excluding hydrogens is 246 g/mol. The van der Waals surface area contributed by atoms with Crippen molar-refractivity contribution in [2.45, 2.75) is 0 Å². The van der Waals surface area contributed by atoms with Crippen molar-refractivity contribution in [1.82, 2.24) is 4.90 Å². The average molecular weight is 265 g/mol. The van der Waals surface area contributed by atoms with Gasteiger partial charge in [0.15, 0.2) is 11.5 Å². The number of phenolic OH excluding ortho intramolecular Hbond substituents is 1. The van der Waals surface area contributed by atoms with Crippen LogP contribution in [0.1, 0.15) is 10.4 Å². The van der Waals surface area contributed by atoms with Gasteiger partial charge in [-0.3, -0.25) is 4.79 Å². The molecule has 0 saturated heterocycles. The van der Waals surface area contributed by atoms with Gasteiger partial charge in [-0.05, 0) is 12.1 Å². The first-order valence-corrected chi connectivity index (χ1v) is 5.90. The van der Waals surface area contributed by atoms with Crippen LogP contribution in [0.4, 0.5) is 0 Å². The highest BCUT2D eigenvalue weighted by molar-refractivity contribution is 5.97. The molecule has 1 N–H and O–H groups in total. The smallest absolute Gasteiger partial charge is 0.258 e. The summed E-state index contributed by atoms with van der Waals surface area (Å²) in [6, 6.07) is 4.82. The molecule has 0 saturated carbocycles. The van der Waals surface area contributed by atoms with Gasteiger partial charge >= 0.3 is 0 Å². The first kappa shape index (κ1) is 15.0. The molecule has 0 fully saturated rings. The third kappa shape index (κ3) is 3.72. The second-order valence-electron chi connectivity index (χ2n) is 3.89. The van der Waals surface area contributed by atoms with Crippen molar-refractivity contribution in [3.8, 4) is 11.5 Å². The summed E-state index contributed by atoms with van der Waals surface area (Å²) in [7, 11) is 3.01. The molecule has 0 aliphatic rings. The number of para-hydroxylation sites is 1. The highest BCUT2D eigenvalue weighted by Gasteiger charge is 2.19. The Bertz CT molecular complexity index is 445. The largest absolute Gasteiger partial charge is 0.504 e. The SMILES string of the molecule is C=CCN(CCOC)C(=O)c1cccc(OC)c1O. The summed E-state index contributed by atoms with van der Waals surface area (Å²) in [5.41, 5.74) is 0.206. The van der Waals surface area contributed by atoms with Crippen molar-refractivity contribution in [2.75, 3.05) is 33.9 Å². The number of carbonyl (C=O) groups excluding carboxylic acids is 1. The summed E-state index contributed by atoms with van der Waals surface area (Å²) in [5.74, 6) is -0.161. The lowest BCUT2D eigenvalue weighted by Crippen LogP contribution is -2.34. The van der Waals surface area contributed by atoms with Crippen LogP contribution in [-0.4, -0.2) is 49.8 Å². The highest BCUT2D eigenvalue weighted by Crippen LogP contribution is 2.30. The van der Waals surface area contributed by atoms with Crippen molar-refractivity contribution in [1.29, 1.82) is 0 Å². The zero-order valence-corrected chi connectivity index (χ0v) is 11.3. The third-order valence-electron chi connectivity index (χ3n) is 2.65. The van der Waals surface area contributed by atoms with Crippen LogP contribution in [0.15, 0.2) is 30.9 Å². The topological polar surface area (TPSA) is 59.0 Å². The number of benzene rings is 1. The van der Waals surface area contributed by atoms with E-state index >= 15 is 0 Å². The summed E-state index contributed by atoms with van der Waals surface area (Å²) in [4.78, 5) is 13.9. The molecule has 0 heterocycles. The van der Waals surface area contributed by atoms with Crippen LogP contribution in [0, 0.1) is 0 Å². The highest BCUT2D eigenvalue weighted by atomic mass is 16.5. The van der Waals surface area contributed by atoms with Gasteiger partial charge in [0.2, 0.25) is 0 Å². The second-order valence-corrected chi connectivity index (χ2v) is 3.89. The Labute approximate surface area is 113 Å². The molecule has 0 bridgehead atoms. The summed E-state index contributed by atoms with van der Waals surface area (Å²) in [5, 5.41) is 9.97. The number of phenols is 1. The molecule has 0 atom stereocenters. The van der Waals surface area contributed by atoms with Gasteiger partial charge in [-0.1, -0.05) is 12.1 Å². The summed E-state index contributed by atoms with van der Waals surface area (Å²) in [6.45, 7) is 4.86. The third-order valence-corrected chi connectivity index (χ3v) is 2.65. The average Bonchev–Trinajstić information content (AvgIpc) is 2.43. The number of carbonyl (C=O) groups is 1. The number of nitrogens with zero attached hydrogens (tertiary/aromatic N) is 1. The molecule has 0 aliphatic heterocycles. The van der Waals surface area contributed by atoms with Crippen LogP contribution in [0.2, 0.25) is 0 Å². The van der Waals surface area contributed by atoms with Gasteiger partial charge in [0, 0.05) is 20.2 Å². The number of ether oxygens (including phenoxy) is 2. The Morgan fingerprint density at radius 2 is 2.21 bits per heavy atom. The van der Waals surface area contributed by atoms with Gasteiger partial charge in [-0.2, -0.15) is 0 Å². The molecule has 1 aromatic carbocycles. The molecule has 5 heteroatoms. The van der Waals surface area contributed by atoms with Gasteiger partial charge in [0.05, 0.1) is 19.3 Å². The molecule has 5 nitrogen and oxygen atoms in total. The first-order valence-electron chi connectivity index (χ1n) is 5.90. The van der Waals surface area contributed by atoms with Crippen molar-refractivity contribution in [3.05, 3.63) is 36.4 Å². The minimum atomic E-state index is -0.284. The standard InChI is InChI=1S/C14H19NO4/c1-4-8-15(9-10-18-2)14(17)11-6-5-7-12(19-3)13(11)16/h4-7,16H,1,8-10H2,2-3H3. The zero-order valence-electron chi connectivity index (χ0n) is 11.3. The number of methoxy groups -OCH3 is 2. The summed E-state index contributed by atoms with van der Waals surface area (Å²) < 4.78 is 9.96. The van der Waals surface area contributed by atoms with E-state index in [2.05, 4.69) is 6.58 Å². The fourth-order valence-electron chi connectivity index (χ4n) is 1.66. The van der Waals surface area contributed by atoms with Crippen molar-refractivity contribution >= 4 is 5.91 Å². The summed E-state index contributed by atoms with van der Waals surface area (Å²) in [6.07, 6.45) is 1.63. The Balaban J connectivity index is 2.98. The lowest BCUT2D eigenvalue weighted by atomic mass is 10.1. The van der Waals surface area contributed by atoms with E-state index in [4.69, 9.17) is 9.47 Å². The lowest BCUT2D eigenvalue weighted by Gasteiger charge is -2.21. The van der Waals surface area contributed by atoms with Crippen molar-refractivity contribution in [3.63, 3.8) is 0 Å². The van der Waals surface area contributed by atoms with E-state index in [1.54, 1.807) is 36.3 Å². The maximum atomic E-state index is 12.3. The van der Waals surface area contributed by atoms with E-state index < -0.39 is 0 Å². The van der Waals surface area contributed by atoms with E-state index in [9.17, 15) is 9.90 Å². The van der Waals surface area contributed by atoms with Crippen LogP contribution in [0.25, 0.3) is 0 Å². The maximum absolute atomic E-state index is 12.3. The Morgan fingerprint density at radius 1 is 1.47 bits per heavy atom. The normalized spacial score (nSPS) is 10.0. The van der Waals surface area contributed by atoms with Crippen LogP contribution in [-0.2, 0) is 4.74 Å². The Kier molecular flexibility index (Phi) is 5.89. The number of aromatic hydroxyl groups is 1. The molecule has 104 valence electrons. The Morgan fingerprint density at radius 3 is 2.79 bits per heavy atom. The molecule has 0 unspecified atom stereocenters. The van der Waals surface area contributed by atoms with Gasteiger partial charge in [-0.25, -0.2) is 0 Å². The van der Waals surface area contributed by atoms with Gasteiger partial charge < -0.3 is 19.5 Å².